The Morgan fingerprint density at radius 2 is 1.89 bits per heavy atom. The van der Waals surface area contributed by atoms with Crippen LogP contribution < -0.4 is 0 Å². The predicted molar refractivity (Wildman–Crippen MR) is 76.7 cm³/mol. The fourth-order valence-corrected chi connectivity index (χ4v) is 1.56. The largest absolute Gasteiger partial charge is 0.456 e. The molecule has 18 heavy (non-hydrogen) atoms. The van der Waals surface area contributed by atoms with Crippen molar-refractivity contribution >= 4 is 5.97 Å². The van der Waals surface area contributed by atoms with Crippen molar-refractivity contribution in [2.45, 2.75) is 73.0 Å². The zero-order chi connectivity index (χ0) is 14.6. The molecule has 0 saturated carbocycles. The van der Waals surface area contributed by atoms with Gasteiger partial charge in [-0.3, -0.25) is 0 Å². The summed E-state index contributed by atoms with van der Waals surface area (Å²) in [5.74, 6) is -0.304. The van der Waals surface area contributed by atoms with Crippen LogP contribution in [0.3, 0.4) is 0 Å². The van der Waals surface area contributed by atoms with E-state index in [1.165, 1.54) is 0 Å². The molecule has 0 radical (unpaired) electrons. The Morgan fingerprint density at radius 1 is 1.33 bits per heavy atom. The first-order valence-corrected chi connectivity index (χ1v) is 7.13. The van der Waals surface area contributed by atoms with Gasteiger partial charge in [-0.1, -0.05) is 47.6 Å². The summed E-state index contributed by atoms with van der Waals surface area (Å²) in [5.41, 5.74) is 0.451. The maximum Gasteiger partial charge on any atom is 0.333 e. The van der Waals surface area contributed by atoms with Gasteiger partial charge in [0.05, 0.1) is 12.7 Å². The molecule has 1 saturated heterocycles. The van der Waals surface area contributed by atoms with Crippen LogP contribution in [0.4, 0.5) is 0 Å². The molecular weight excluding hydrogens is 228 g/mol. The van der Waals surface area contributed by atoms with Crippen molar-refractivity contribution < 1.29 is 14.3 Å². The number of ether oxygens (including phenoxy) is 2. The predicted octanol–water partition coefficient (Wildman–Crippen LogP) is 4.12. The van der Waals surface area contributed by atoms with Gasteiger partial charge in [-0.15, -0.1) is 0 Å². The molecule has 3 nitrogen and oxygen atoms in total. The monoisotopic (exact) mass is 258 g/mol. The van der Waals surface area contributed by atoms with E-state index in [4.69, 9.17) is 9.47 Å². The SMILES string of the molecule is C=C(C)C(=O)OC1CCOC1CCC.CC.CC. The number of esters is 1. The maximum atomic E-state index is 11.3. The van der Waals surface area contributed by atoms with Crippen LogP contribution in [0.25, 0.3) is 0 Å². The minimum absolute atomic E-state index is 0.0702. The first-order valence-electron chi connectivity index (χ1n) is 7.13. The minimum atomic E-state index is -0.304. The molecule has 1 aliphatic heterocycles. The molecule has 0 aromatic rings. The maximum absolute atomic E-state index is 11.3. The van der Waals surface area contributed by atoms with Gasteiger partial charge in [0.15, 0.2) is 0 Å². The summed E-state index contributed by atoms with van der Waals surface area (Å²) in [4.78, 5) is 11.3. The lowest BCUT2D eigenvalue weighted by Crippen LogP contribution is -2.27. The number of hydrogen-bond donors (Lipinski definition) is 0. The average molecular weight is 258 g/mol. The summed E-state index contributed by atoms with van der Waals surface area (Å²) < 4.78 is 10.8. The van der Waals surface area contributed by atoms with Gasteiger partial charge in [-0.05, 0) is 13.3 Å². The highest BCUT2D eigenvalue weighted by atomic mass is 16.6. The van der Waals surface area contributed by atoms with Crippen LogP contribution in [0, 0.1) is 0 Å². The number of carbonyl (C=O) groups excluding carboxylic acids is 1. The molecular formula is C15H30O3. The molecule has 0 aromatic carbocycles. The van der Waals surface area contributed by atoms with Gasteiger partial charge in [0.2, 0.25) is 0 Å². The van der Waals surface area contributed by atoms with Crippen LogP contribution in [0.5, 0.6) is 0 Å². The molecule has 0 aliphatic carbocycles. The molecule has 0 spiro atoms. The molecule has 1 fully saturated rings. The van der Waals surface area contributed by atoms with Crippen molar-refractivity contribution in [3.63, 3.8) is 0 Å². The molecule has 3 heteroatoms. The van der Waals surface area contributed by atoms with Gasteiger partial charge < -0.3 is 9.47 Å². The molecule has 1 heterocycles. The zero-order valence-electron chi connectivity index (χ0n) is 12.9. The lowest BCUT2D eigenvalue weighted by molar-refractivity contribution is -0.147. The van der Waals surface area contributed by atoms with Crippen LogP contribution in [0.2, 0.25) is 0 Å². The highest BCUT2D eigenvalue weighted by molar-refractivity contribution is 5.87. The third kappa shape index (κ3) is 7.49. The Bertz CT molecular complexity index is 224. The molecule has 1 aliphatic rings. The average Bonchev–Trinajstić information content (AvgIpc) is 2.82. The number of hydrogen-bond acceptors (Lipinski definition) is 3. The molecule has 2 atom stereocenters. The van der Waals surface area contributed by atoms with E-state index in [1.807, 2.05) is 27.7 Å². The van der Waals surface area contributed by atoms with Gasteiger partial charge >= 0.3 is 5.97 Å². The first-order chi connectivity index (χ1) is 8.65. The Labute approximate surface area is 113 Å². The Hall–Kier alpha value is -0.830. The molecule has 0 bridgehead atoms. The van der Waals surface area contributed by atoms with Crippen molar-refractivity contribution in [3.05, 3.63) is 12.2 Å². The summed E-state index contributed by atoms with van der Waals surface area (Å²) in [5, 5.41) is 0. The van der Waals surface area contributed by atoms with E-state index >= 15 is 0 Å². The van der Waals surface area contributed by atoms with Crippen molar-refractivity contribution in [2.24, 2.45) is 0 Å². The van der Waals surface area contributed by atoms with E-state index in [0.717, 1.165) is 19.3 Å². The second-order valence-electron chi connectivity index (χ2n) is 3.71. The van der Waals surface area contributed by atoms with Crippen molar-refractivity contribution in [1.82, 2.24) is 0 Å². The number of carbonyl (C=O) groups is 1. The lowest BCUT2D eigenvalue weighted by Gasteiger charge is -2.18. The second-order valence-corrected chi connectivity index (χ2v) is 3.71. The van der Waals surface area contributed by atoms with Crippen LogP contribution in [0.15, 0.2) is 12.2 Å². The Kier molecular flexibility index (Phi) is 13.7. The van der Waals surface area contributed by atoms with Gasteiger partial charge in [-0.25, -0.2) is 4.79 Å². The zero-order valence-corrected chi connectivity index (χ0v) is 12.9. The quantitative estimate of drug-likeness (QED) is 0.562. The van der Waals surface area contributed by atoms with Gasteiger partial charge in [0.1, 0.15) is 6.10 Å². The lowest BCUT2D eigenvalue weighted by atomic mass is 10.1. The fraction of sp³-hybridized carbons (Fsp3) is 0.800. The number of rotatable bonds is 4. The molecule has 2 unspecified atom stereocenters. The fourth-order valence-electron chi connectivity index (χ4n) is 1.56. The van der Waals surface area contributed by atoms with E-state index in [2.05, 4.69) is 13.5 Å². The summed E-state index contributed by atoms with van der Waals surface area (Å²) >= 11 is 0. The van der Waals surface area contributed by atoms with Gasteiger partial charge in [0, 0.05) is 12.0 Å². The summed E-state index contributed by atoms with van der Waals surface area (Å²) in [6.45, 7) is 16.0. The second kappa shape index (κ2) is 12.6. The summed E-state index contributed by atoms with van der Waals surface area (Å²) in [6.07, 6.45) is 2.83. The highest BCUT2D eigenvalue weighted by Gasteiger charge is 2.30. The molecule has 0 N–H and O–H groups in total. The third-order valence-corrected chi connectivity index (χ3v) is 2.33. The third-order valence-electron chi connectivity index (χ3n) is 2.33. The van der Waals surface area contributed by atoms with Crippen molar-refractivity contribution in [3.8, 4) is 0 Å². The van der Waals surface area contributed by atoms with Gasteiger partial charge in [0.25, 0.3) is 0 Å². The summed E-state index contributed by atoms with van der Waals surface area (Å²) in [6, 6.07) is 0. The van der Waals surface area contributed by atoms with E-state index < -0.39 is 0 Å². The van der Waals surface area contributed by atoms with E-state index in [0.29, 0.717) is 12.2 Å². The van der Waals surface area contributed by atoms with Crippen molar-refractivity contribution in [2.75, 3.05) is 6.61 Å². The first kappa shape index (κ1) is 19.5. The molecule has 0 aromatic heterocycles. The van der Waals surface area contributed by atoms with Gasteiger partial charge in [-0.2, -0.15) is 0 Å². The molecule has 0 amide bonds. The van der Waals surface area contributed by atoms with E-state index in [-0.39, 0.29) is 18.2 Å². The smallest absolute Gasteiger partial charge is 0.333 e. The van der Waals surface area contributed by atoms with Crippen LogP contribution in [-0.2, 0) is 14.3 Å². The highest BCUT2D eigenvalue weighted by Crippen LogP contribution is 2.21. The Morgan fingerprint density at radius 3 is 2.33 bits per heavy atom. The van der Waals surface area contributed by atoms with Crippen LogP contribution in [-0.4, -0.2) is 24.8 Å². The Balaban J connectivity index is 0. The standard InChI is InChI=1S/C11H18O3.2C2H6/c1-4-5-9-10(6-7-13-9)14-11(12)8(2)3;2*1-2/h9-10H,2,4-7H2,1,3H3;2*1-2H3. The normalized spacial score (nSPS) is 21.0. The molecule has 108 valence electrons. The minimum Gasteiger partial charge on any atom is -0.456 e. The van der Waals surface area contributed by atoms with Crippen LogP contribution in [0.1, 0.15) is 60.8 Å². The molecule has 1 rings (SSSR count). The van der Waals surface area contributed by atoms with Crippen molar-refractivity contribution in [1.29, 1.82) is 0 Å². The van der Waals surface area contributed by atoms with E-state index in [9.17, 15) is 4.79 Å². The summed E-state index contributed by atoms with van der Waals surface area (Å²) in [7, 11) is 0. The van der Waals surface area contributed by atoms with Crippen LogP contribution >= 0.6 is 0 Å². The topological polar surface area (TPSA) is 35.5 Å². The van der Waals surface area contributed by atoms with E-state index in [1.54, 1.807) is 6.92 Å².